The van der Waals surface area contributed by atoms with Crippen molar-refractivity contribution in [2.45, 2.75) is 39.3 Å². The van der Waals surface area contributed by atoms with Gasteiger partial charge < -0.3 is 10.2 Å². The first-order valence-corrected chi connectivity index (χ1v) is 8.85. The maximum atomic E-state index is 3.76. The van der Waals surface area contributed by atoms with Crippen molar-refractivity contribution in [1.82, 2.24) is 10.2 Å². The molecule has 0 saturated carbocycles. The second kappa shape index (κ2) is 7.61. The van der Waals surface area contributed by atoms with Gasteiger partial charge in [0.2, 0.25) is 0 Å². The number of hydrogen-bond donors (Lipinski definition) is 1. The van der Waals surface area contributed by atoms with Crippen LogP contribution >= 0.6 is 15.9 Å². The third kappa shape index (κ3) is 3.79. The standard InChI is InChI=1S/C17H28BrN3/c1-5-20(6-2)15-9-10-21(12-15)17-8-7-14(11-16(17)18)13(3)19-4/h7-8,11,13,15,19H,5-6,9-10,12H2,1-4H3. The van der Waals surface area contributed by atoms with Crippen molar-refractivity contribution < 1.29 is 0 Å². The number of likely N-dealkylation sites (N-methyl/N-ethyl adjacent to an activating group) is 1. The molecular weight excluding hydrogens is 326 g/mol. The van der Waals surface area contributed by atoms with Gasteiger partial charge in [0.05, 0.1) is 5.69 Å². The minimum Gasteiger partial charge on any atom is -0.369 e. The quantitative estimate of drug-likeness (QED) is 0.841. The fourth-order valence-corrected chi connectivity index (χ4v) is 3.86. The molecule has 0 radical (unpaired) electrons. The predicted octanol–water partition coefficient (Wildman–Crippen LogP) is 3.65. The van der Waals surface area contributed by atoms with Crippen LogP contribution in [0, 0.1) is 0 Å². The molecule has 0 bridgehead atoms. The van der Waals surface area contributed by atoms with Crippen molar-refractivity contribution in [2.75, 3.05) is 38.1 Å². The molecule has 0 amide bonds. The Balaban J connectivity index is 2.09. The Morgan fingerprint density at radius 2 is 2.10 bits per heavy atom. The lowest BCUT2D eigenvalue weighted by Gasteiger charge is -2.27. The van der Waals surface area contributed by atoms with Gasteiger partial charge >= 0.3 is 0 Å². The van der Waals surface area contributed by atoms with Crippen molar-refractivity contribution in [3.05, 3.63) is 28.2 Å². The first kappa shape index (κ1) is 16.8. The summed E-state index contributed by atoms with van der Waals surface area (Å²) in [6.07, 6.45) is 1.27. The summed E-state index contributed by atoms with van der Waals surface area (Å²) >= 11 is 3.76. The van der Waals surface area contributed by atoms with E-state index >= 15 is 0 Å². The Bertz CT molecular complexity index is 459. The molecular formula is C17H28BrN3. The molecule has 2 unspecified atom stereocenters. The molecule has 1 heterocycles. The largest absolute Gasteiger partial charge is 0.369 e. The van der Waals surface area contributed by atoms with Crippen molar-refractivity contribution in [3.63, 3.8) is 0 Å². The minimum atomic E-state index is 0.386. The Morgan fingerprint density at radius 1 is 1.38 bits per heavy atom. The van der Waals surface area contributed by atoms with E-state index in [1.165, 1.54) is 22.1 Å². The summed E-state index contributed by atoms with van der Waals surface area (Å²) in [4.78, 5) is 5.09. The van der Waals surface area contributed by atoms with Gasteiger partial charge in [0.1, 0.15) is 0 Å². The van der Waals surface area contributed by atoms with Gasteiger partial charge in [0.15, 0.2) is 0 Å². The Labute approximate surface area is 137 Å². The maximum Gasteiger partial charge on any atom is 0.0511 e. The summed E-state index contributed by atoms with van der Waals surface area (Å²) < 4.78 is 1.21. The van der Waals surface area contributed by atoms with Crippen LogP contribution in [0.4, 0.5) is 5.69 Å². The van der Waals surface area contributed by atoms with Crippen LogP contribution in [0.15, 0.2) is 22.7 Å². The molecule has 3 nitrogen and oxygen atoms in total. The van der Waals surface area contributed by atoms with E-state index < -0.39 is 0 Å². The molecule has 1 saturated heterocycles. The first-order chi connectivity index (χ1) is 10.1. The molecule has 118 valence electrons. The molecule has 1 aromatic rings. The number of halogens is 1. The summed E-state index contributed by atoms with van der Waals surface area (Å²) in [6, 6.07) is 7.84. The van der Waals surface area contributed by atoms with E-state index in [0.29, 0.717) is 12.1 Å². The number of anilines is 1. The van der Waals surface area contributed by atoms with Crippen LogP contribution in [-0.2, 0) is 0 Å². The first-order valence-electron chi connectivity index (χ1n) is 8.06. The van der Waals surface area contributed by atoms with Crippen molar-refractivity contribution in [1.29, 1.82) is 0 Å². The van der Waals surface area contributed by atoms with Crippen molar-refractivity contribution in [2.24, 2.45) is 0 Å². The van der Waals surface area contributed by atoms with E-state index in [1.807, 2.05) is 7.05 Å². The van der Waals surface area contributed by atoms with E-state index in [4.69, 9.17) is 0 Å². The van der Waals surface area contributed by atoms with E-state index in [0.717, 1.165) is 26.2 Å². The monoisotopic (exact) mass is 353 g/mol. The van der Waals surface area contributed by atoms with Crippen LogP contribution in [-0.4, -0.2) is 44.2 Å². The molecule has 1 aliphatic rings. The van der Waals surface area contributed by atoms with Gasteiger partial charge in [-0.25, -0.2) is 0 Å². The molecule has 1 aromatic carbocycles. The number of nitrogens with one attached hydrogen (secondary N) is 1. The SMILES string of the molecule is CCN(CC)C1CCN(c2ccc(C(C)NC)cc2Br)C1. The zero-order chi connectivity index (χ0) is 15.4. The smallest absolute Gasteiger partial charge is 0.0511 e. The fourth-order valence-electron chi connectivity index (χ4n) is 3.21. The summed E-state index contributed by atoms with van der Waals surface area (Å²) in [6.45, 7) is 11.3. The molecule has 0 aliphatic carbocycles. The number of benzene rings is 1. The second-order valence-electron chi connectivity index (χ2n) is 5.83. The number of rotatable bonds is 6. The van der Waals surface area contributed by atoms with Crippen LogP contribution in [0.1, 0.15) is 38.8 Å². The topological polar surface area (TPSA) is 18.5 Å². The van der Waals surface area contributed by atoms with E-state index in [1.54, 1.807) is 0 Å². The zero-order valence-corrected chi connectivity index (χ0v) is 15.3. The van der Waals surface area contributed by atoms with Gasteiger partial charge in [-0.15, -0.1) is 0 Å². The highest BCUT2D eigenvalue weighted by atomic mass is 79.9. The van der Waals surface area contributed by atoms with Gasteiger partial charge in [-0.3, -0.25) is 4.90 Å². The Morgan fingerprint density at radius 3 is 2.67 bits per heavy atom. The number of hydrogen-bond acceptors (Lipinski definition) is 3. The average molecular weight is 354 g/mol. The highest BCUT2D eigenvalue weighted by Gasteiger charge is 2.27. The van der Waals surface area contributed by atoms with E-state index in [2.05, 4.69) is 70.0 Å². The second-order valence-corrected chi connectivity index (χ2v) is 6.69. The van der Waals surface area contributed by atoms with E-state index in [9.17, 15) is 0 Å². The molecule has 1 N–H and O–H groups in total. The van der Waals surface area contributed by atoms with Gasteiger partial charge in [0.25, 0.3) is 0 Å². The summed E-state index contributed by atoms with van der Waals surface area (Å²) in [5.41, 5.74) is 2.66. The molecule has 4 heteroatoms. The van der Waals surface area contributed by atoms with Gasteiger partial charge in [0, 0.05) is 29.6 Å². The Kier molecular flexibility index (Phi) is 6.08. The lowest BCUT2D eigenvalue weighted by Crippen LogP contribution is -2.37. The average Bonchev–Trinajstić information content (AvgIpc) is 2.97. The third-order valence-electron chi connectivity index (χ3n) is 4.74. The molecule has 2 rings (SSSR count). The van der Waals surface area contributed by atoms with Crippen molar-refractivity contribution in [3.8, 4) is 0 Å². The van der Waals surface area contributed by atoms with Crippen LogP contribution in [0.25, 0.3) is 0 Å². The fraction of sp³-hybridized carbons (Fsp3) is 0.647. The van der Waals surface area contributed by atoms with Crippen LogP contribution < -0.4 is 10.2 Å². The lowest BCUT2D eigenvalue weighted by atomic mass is 10.1. The van der Waals surface area contributed by atoms with Gasteiger partial charge in [-0.2, -0.15) is 0 Å². The maximum absolute atomic E-state index is 3.76. The molecule has 2 atom stereocenters. The van der Waals surface area contributed by atoms with Crippen LogP contribution in [0.3, 0.4) is 0 Å². The molecule has 0 spiro atoms. The zero-order valence-electron chi connectivity index (χ0n) is 13.7. The molecule has 21 heavy (non-hydrogen) atoms. The summed E-state index contributed by atoms with van der Waals surface area (Å²) in [7, 11) is 2.00. The molecule has 1 aliphatic heterocycles. The summed E-state index contributed by atoms with van der Waals surface area (Å²) in [5.74, 6) is 0. The van der Waals surface area contributed by atoms with E-state index in [-0.39, 0.29) is 0 Å². The predicted molar refractivity (Wildman–Crippen MR) is 95.2 cm³/mol. The van der Waals surface area contributed by atoms with Crippen molar-refractivity contribution >= 4 is 21.6 Å². The highest BCUT2D eigenvalue weighted by Crippen LogP contribution is 2.32. The highest BCUT2D eigenvalue weighted by molar-refractivity contribution is 9.10. The normalized spacial score (nSPS) is 20.3. The summed E-state index contributed by atoms with van der Waals surface area (Å²) in [5, 5.41) is 3.29. The minimum absolute atomic E-state index is 0.386. The third-order valence-corrected chi connectivity index (χ3v) is 5.37. The molecule has 1 fully saturated rings. The lowest BCUT2D eigenvalue weighted by molar-refractivity contribution is 0.232. The van der Waals surface area contributed by atoms with Gasteiger partial charge in [-0.05, 0) is 67.1 Å². The number of nitrogens with zero attached hydrogens (tertiary/aromatic N) is 2. The van der Waals surface area contributed by atoms with Gasteiger partial charge in [-0.1, -0.05) is 19.9 Å². The Hall–Kier alpha value is -0.580. The van der Waals surface area contributed by atoms with Crippen LogP contribution in [0.2, 0.25) is 0 Å². The van der Waals surface area contributed by atoms with Crippen LogP contribution in [0.5, 0.6) is 0 Å². The molecule has 0 aromatic heterocycles.